The van der Waals surface area contributed by atoms with Crippen LogP contribution in [-0.2, 0) is 13.0 Å². The van der Waals surface area contributed by atoms with Gasteiger partial charge in [0.1, 0.15) is 12.4 Å². The summed E-state index contributed by atoms with van der Waals surface area (Å²) >= 11 is 4.12. The van der Waals surface area contributed by atoms with E-state index in [1.807, 2.05) is 23.5 Å². The van der Waals surface area contributed by atoms with Crippen molar-refractivity contribution in [2.75, 3.05) is 0 Å². The Hall–Kier alpha value is -0.550. The third-order valence-corrected chi connectivity index (χ3v) is 4.18. The second-order valence-corrected chi connectivity index (χ2v) is 5.96. The maximum Gasteiger partial charge on any atom is 0.122 e. The topological polar surface area (TPSA) is 9.23 Å². The zero-order valence-corrected chi connectivity index (χ0v) is 12.0. The molecule has 84 valence electrons. The average molecular weight is 344 g/mol. The van der Waals surface area contributed by atoms with E-state index < -0.39 is 0 Å². The fourth-order valence-electron chi connectivity index (χ4n) is 1.38. The number of hydrogen-bond acceptors (Lipinski definition) is 2. The van der Waals surface area contributed by atoms with Crippen LogP contribution >= 0.6 is 33.9 Å². The molecule has 0 N–H and O–H groups in total. The van der Waals surface area contributed by atoms with Crippen molar-refractivity contribution in [3.8, 4) is 5.75 Å². The average Bonchev–Trinajstić information content (AvgIpc) is 2.76. The molecule has 0 aliphatic carbocycles. The van der Waals surface area contributed by atoms with Gasteiger partial charge in [0.2, 0.25) is 0 Å². The fourth-order valence-corrected chi connectivity index (χ4v) is 2.61. The lowest BCUT2D eigenvalue weighted by Gasteiger charge is -2.04. The molecule has 0 saturated heterocycles. The van der Waals surface area contributed by atoms with Crippen molar-refractivity contribution in [3.63, 3.8) is 0 Å². The van der Waals surface area contributed by atoms with Crippen molar-refractivity contribution >= 4 is 33.9 Å². The Morgan fingerprint density at radius 1 is 1.06 bits per heavy atom. The van der Waals surface area contributed by atoms with Gasteiger partial charge in [0.15, 0.2) is 0 Å². The maximum absolute atomic E-state index is 5.71. The lowest BCUT2D eigenvalue weighted by atomic mass is 10.3. The number of aryl methyl sites for hydroxylation is 1. The van der Waals surface area contributed by atoms with Gasteiger partial charge in [-0.15, -0.1) is 11.3 Å². The number of ether oxygens (including phenoxy) is 1. The molecular formula is C13H13IOS. The highest BCUT2D eigenvalue weighted by molar-refractivity contribution is 14.1. The molecule has 0 atom stereocenters. The van der Waals surface area contributed by atoms with Gasteiger partial charge in [0.25, 0.3) is 0 Å². The van der Waals surface area contributed by atoms with Crippen molar-refractivity contribution in [1.29, 1.82) is 0 Å². The summed E-state index contributed by atoms with van der Waals surface area (Å²) in [6, 6.07) is 12.5. The van der Waals surface area contributed by atoms with Crippen LogP contribution in [-0.4, -0.2) is 0 Å². The zero-order valence-electron chi connectivity index (χ0n) is 9.07. The molecule has 0 unspecified atom stereocenters. The monoisotopic (exact) mass is 344 g/mol. The summed E-state index contributed by atoms with van der Waals surface area (Å²) in [7, 11) is 0. The van der Waals surface area contributed by atoms with Crippen LogP contribution in [0.15, 0.2) is 36.4 Å². The smallest absolute Gasteiger partial charge is 0.122 e. The van der Waals surface area contributed by atoms with Crippen molar-refractivity contribution < 1.29 is 4.74 Å². The van der Waals surface area contributed by atoms with Gasteiger partial charge < -0.3 is 4.74 Å². The Morgan fingerprint density at radius 3 is 2.38 bits per heavy atom. The first-order chi connectivity index (χ1) is 7.78. The van der Waals surface area contributed by atoms with E-state index in [2.05, 4.69) is 53.8 Å². The Kier molecular flexibility index (Phi) is 4.23. The van der Waals surface area contributed by atoms with Crippen LogP contribution in [0.5, 0.6) is 5.75 Å². The molecule has 0 amide bonds. The highest BCUT2D eigenvalue weighted by Crippen LogP contribution is 2.20. The molecule has 3 heteroatoms. The van der Waals surface area contributed by atoms with Gasteiger partial charge in [0.05, 0.1) is 0 Å². The van der Waals surface area contributed by atoms with Crippen LogP contribution in [0.3, 0.4) is 0 Å². The molecule has 1 aromatic carbocycles. The zero-order chi connectivity index (χ0) is 11.4. The quantitative estimate of drug-likeness (QED) is 0.743. The number of thiophene rings is 1. The Morgan fingerprint density at radius 2 is 1.75 bits per heavy atom. The van der Waals surface area contributed by atoms with Gasteiger partial charge in [-0.3, -0.25) is 0 Å². The maximum atomic E-state index is 5.71. The first kappa shape index (κ1) is 11.9. The van der Waals surface area contributed by atoms with E-state index in [1.54, 1.807) is 0 Å². The first-order valence-electron chi connectivity index (χ1n) is 5.24. The minimum atomic E-state index is 0.672. The lowest BCUT2D eigenvalue weighted by Crippen LogP contribution is -1.92. The van der Waals surface area contributed by atoms with E-state index in [0.717, 1.165) is 12.2 Å². The van der Waals surface area contributed by atoms with Crippen LogP contribution in [0.2, 0.25) is 0 Å². The summed E-state index contributed by atoms with van der Waals surface area (Å²) in [4.78, 5) is 2.71. The summed E-state index contributed by atoms with van der Waals surface area (Å²) < 4.78 is 6.94. The van der Waals surface area contributed by atoms with E-state index in [4.69, 9.17) is 4.74 Å². The van der Waals surface area contributed by atoms with Crippen molar-refractivity contribution in [1.82, 2.24) is 0 Å². The van der Waals surface area contributed by atoms with Crippen LogP contribution in [0.25, 0.3) is 0 Å². The molecule has 2 rings (SSSR count). The molecule has 0 aliphatic rings. The molecule has 16 heavy (non-hydrogen) atoms. The van der Waals surface area contributed by atoms with E-state index in [0.29, 0.717) is 6.61 Å². The van der Waals surface area contributed by atoms with Crippen LogP contribution in [0.1, 0.15) is 16.7 Å². The summed E-state index contributed by atoms with van der Waals surface area (Å²) in [5.74, 6) is 0.937. The Balaban J connectivity index is 1.94. The Labute approximate surface area is 114 Å². The van der Waals surface area contributed by atoms with Crippen LogP contribution < -0.4 is 4.74 Å². The number of halogens is 1. The van der Waals surface area contributed by atoms with Gasteiger partial charge in [0, 0.05) is 13.3 Å². The molecule has 0 fully saturated rings. The molecule has 1 aromatic heterocycles. The summed E-state index contributed by atoms with van der Waals surface area (Å²) in [5.41, 5.74) is 0. The molecular weight excluding hydrogens is 331 g/mol. The van der Waals surface area contributed by atoms with Crippen molar-refractivity contribution in [3.05, 3.63) is 49.7 Å². The molecule has 1 heterocycles. The van der Waals surface area contributed by atoms with Crippen molar-refractivity contribution in [2.24, 2.45) is 0 Å². The van der Waals surface area contributed by atoms with Gasteiger partial charge in [-0.05, 0) is 65.4 Å². The van der Waals surface area contributed by atoms with Crippen LogP contribution in [0.4, 0.5) is 0 Å². The van der Waals surface area contributed by atoms with E-state index in [1.165, 1.54) is 13.3 Å². The van der Waals surface area contributed by atoms with Gasteiger partial charge >= 0.3 is 0 Å². The molecule has 0 aliphatic heterocycles. The molecule has 2 aromatic rings. The summed E-state index contributed by atoms with van der Waals surface area (Å²) in [6.45, 7) is 2.85. The highest BCUT2D eigenvalue weighted by atomic mass is 127. The standard InChI is InChI=1S/C13H13IOS/c1-2-12-7-8-13(16-12)9-15-11-5-3-10(14)4-6-11/h3-8H,2,9H2,1H3. The predicted octanol–water partition coefficient (Wildman–Crippen LogP) is 4.49. The second-order valence-electron chi connectivity index (χ2n) is 3.46. The third-order valence-electron chi connectivity index (χ3n) is 2.26. The molecule has 0 saturated carbocycles. The SMILES string of the molecule is CCc1ccc(COc2ccc(I)cc2)s1. The van der Waals surface area contributed by atoms with E-state index >= 15 is 0 Å². The molecule has 0 bridgehead atoms. The minimum Gasteiger partial charge on any atom is -0.488 e. The highest BCUT2D eigenvalue weighted by Gasteiger charge is 1.99. The summed E-state index contributed by atoms with van der Waals surface area (Å²) in [5, 5.41) is 0. The largest absolute Gasteiger partial charge is 0.488 e. The summed E-state index contributed by atoms with van der Waals surface area (Å²) in [6.07, 6.45) is 1.11. The van der Waals surface area contributed by atoms with Crippen LogP contribution in [0, 0.1) is 3.57 Å². The number of benzene rings is 1. The minimum absolute atomic E-state index is 0.672. The second kappa shape index (κ2) is 5.68. The van der Waals surface area contributed by atoms with Gasteiger partial charge in [-0.1, -0.05) is 6.92 Å². The molecule has 1 nitrogen and oxygen atoms in total. The third kappa shape index (κ3) is 3.22. The molecule has 0 radical (unpaired) electrons. The van der Waals surface area contributed by atoms with E-state index in [9.17, 15) is 0 Å². The lowest BCUT2D eigenvalue weighted by molar-refractivity contribution is 0.310. The molecule has 0 spiro atoms. The van der Waals surface area contributed by atoms with Crippen molar-refractivity contribution in [2.45, 2.75) is 20.0 Å². The number of hydrogen-bond donors (Lipinski definition) is 0. The first-order valence-corrected chi connectivity index (χ1v) is 7.13. The Bertz CT molecular complexity index is 447. The normalized spacial score (nSPS) is 10.4. The number of rotatable bonds is 4. The van der Waals surface area contributed by atoms with E-state index in [-0.39, 0.29) is 0 Å². The van der Waals surface area contributed by atoms with Gasteiger partial charge in [-0.25, -0.2) is 0 Å². The van der Waals surface area contributed by atoms with Gasteiger partial charge in [-0.2, -0.15) is 0 Å². The fraction of sp³-hybridized carbons (Fsp3) is 0.231. The predicted molar refractivity (Wildman–Crippen MR) is 77.2 cm³/mol.